The van der Waals surface area contributed by atoms with Gasteiger partial charge in [-0.3, -0.25) is 4.79 Å². The van der Waals surface area contributed by atoms with Crippen LogP contribution in [0.2, 0.25) is 0 Å². The molecule has 0 spiro atoms. The number of hydrogen-bond acceptors (Lipinski definition) is 3. The topological polar surface area (TPSA) is 58.4 Å². The van der Waals surface area contributed by atoms with Crippen molar-refractivity contribution in [2.45, 2.75) is 52.5 Å². The van der Waals surface area contributed by atoms with Crippen molar-refractivity contribution in [3.05, 3.63) is 0 Å². The molecule has 0 aromatic carbocycles. The quantitative estimate of drug-likeness (QED) is 0.756. The highest BCUT2D eigenvalue weighted by Gasteiger charge is 2.20. The third-order valence-electron chi connectivity index (χ3n) is 4.20. The molecule has 3 unspecified atom stereocenters. The number of nitrogens with two attached hydrogens (primary N) is 1. The Bertz CT molecular complexity index is 270. The number of rotatable bonds is 7. The number of carbonyl (C=O) groups is 1. The molecule has 0 saturated carbocycles. The van der Waals surface area contributed by atoms with Crippen molar-refractivity contribution in [1.82, 2.24) is 10.2 Å². The number of halogens is 1. The fourth-order valence-electron chi connectivity index (χ4n) is 2.55. The molecular weight excluding hydrogens is 274 g/mol. The average molecular weight is 306 g/mol. The van der Waals surface area contributed by atoms with Crippen LogP contribution < -0.4 is 11.1 Å². The van der Waals surface area contributed by atoms with Crippen molar-refractivity contribution in [3.8, 4) is 0 Å². The molecule has 1 amide bonds. The molecule has 3 N–H and O–H groups in total. The standard InChI is InChI=1S/C15H31N3O.ClH/c1-4-13(3)14(16)15(19)17-10-12(2)11-18-8-6-5-7-9-18;/h12-14H,4-11,16H2,1-3H3,(H,17,19);1H. The third-order valence-corrected chi connectivity index (χ3v) is 4.20. The zero-order chi connectivity index (χ0) is 14.3. The van der Waals surface area contributed by atoms with Crippen molar-refractivity contribution < 1.29 is 4.79 Å². The smallest absolute Gasteiger partial charge is 0.237 e. The fourth-order valence-corrected chi connectivity index (χ4v) is 2.55. The molecule has 0 bridgehead atoms. The lowest BCUT2D eigenvalue weighted by Gasteiger charge is -2.29. The first-order valence-electron chi connectivity index (χ1n) is 7.80. The van der Waals surface area contributed by atoms with E-state index in [-0.39, 0.29) is 30.3 Å². The molecule has 120 valence electrons. The number of likely N-dealkylation sites (tertiary alicyclic amines) is 1. The van der Waals surface area contributed by atoms with E-state index in [2.05, 4.69) is 24.1 Å². The first-order chi connectivity index (χ1) is 9.04. The Morgan fingerprint density at radius 2 is 1.85 bits per heavy atom. The van der Waals surface area contributed by atoms with Crippen LogP contribution in [0.1, 0.15) is 46.5 Å². The Kier molecular flexibility index (Phi) is 10.2. The molecule has 1 fully saturated rings. The van der Waals surface area contributed by atoms with Gasteiger partial charge in [-0.05, 0) is 37.8 Å². The maximum atomic E-state index is 11.9. The van der Waals surface area contributed by atoms with E-state index in [4.69, 9.17) is 5.73 Å². The maximum absolute atomic E-state index is 11.9. The molecule has 5 heteroatoms. The molecule has 1 saturated heterocycles. The highest BCUT2D eigenvalue weighted by atomic mass is 35.5. The van der Waals surface area contributed by atoms with Crippen LogP contribution in [-0.2, 0) is 4.79 Å². The summed E-state index contributed by atoms with van der Waals surface area (Å²) in [6.07, 6.45) is 4.94. The van der Waals surface area contributed by atoms with Gasteiger partial charge in [0.05, 0.1) is 6.04 Å². The summed E-state index contributed by atoms with van der Waals surface area (Å²) >= 11 is 0. The van der Waals surface area contributed by atoms with Gasteiger partial charge < -0.3 is 16.0 Å². The summed E-state index contributed by atoms with van der Waals surface area (Å²) in [5, 5.41) is 3.00. The van der Waals surface area contributed by atoms with Crippen LogP contribution in [-0.4, -0.2) is 43.0 Å². The molecule has 1 aliphatic heterocycles. The summed E-state index contributed by atoms with van der Waals surface area (Å²) in [7, 11) is 0. The molecule has 0 aromatic rings. The van der Waals surface area contributed by atoms with Crippen molar-refractivity contribution in [2.75, 3.05) is 26.2 Å². The minimum atomic E-state index is -0.368. The third kappa shape index (κ3) is 6.91. The Balaban J connectivity index is 0.00000361. The van der Waals surface area contributed by atoms with Gasteiger partial charge in [-0.25, -0.2) is 0 Å². The minimum absolute atomic E-state index is 0. The molecule has 1 aliphatic rings. The summed E-state index contributed by atoms with van der Waals surface area (Å²) in [4.78, 5) is 14.4. The Hall–Kier alpha value is -0.320. The lowest BCUT2D eigenvalue weighted by molar-refractivity contribution is -0.123. The second-order valence-electron chi connectivity index (χ2n) is 6.12. The van der Waals surface area contributed by atoms with E-state index in [1.165, 1.54) is 32.4 Å². The maximum Gasteiger partial charge on any atom is 0.237 e. The molecule has 1 heterocycles. The largest absolute Gasteiger partial charge is 0.354 e. The number of carbonyl (C=O) groups excluding carboxylic acids is 1. The van der Waals surface area contributed by atoms with Crippen LogP contribution in [0.15, 0.2) is 0 Å². The van der Waals surface area contributed by atoms with Crippen LogP contribution in [0.4, 0.5) is 0 Å². The Morgan fingerprint density at radius 1 is 1.25 bits per heavy atom. The number of nitrogens with zero attached hydrogens (tertiary/aromatic N) is 1. The van der Waals surface area contributed by atoms with Crippen LogP contribution in [0, 0.1) is 11.8 Å². The number of amides is 1. The van der Waals surface area contributed by atoms with E-state index in [0.717, 1.165) is 19.5 Å². The van der Waals surface area contributed by atoms with Crippen molar-refractivity contribution in [2.24, 2.45) is 17.6 Å². The van der Waals surface area contributed by atoms with E-state index < -0.39 is 0 Å². The lowest BCUT2D eigenvalue weighted by atomic mass is 9.99. The predicted octanol–water partition coefficient (Wildman–Crippen LogP) is 2.02. The molecular formula is C15H32ClN3O. The molecule has 0 aliphatic carbocycles. The van der Waals surface area contributed by atoms with Crippen molar-refractivity contribution in [3.63, 3.8) is 0 Å². The van der Waals surface area contributed by atoms with Gasteiger partial charge in [0, 0.05) is 13.1 Å². The summed E-state index contributed by atoms with van der Waals surface area (Å²) in [5.74, 6) is 0.739. The highest BCUT2D eigenvalue weighted by molar-refractivity contribution is 5.85. The highest BCUT2D eigenvalue weighted by Crippen LogP contribution is 2.11. The monoisotopic (exact) mass is 305 g/mol. The fraction of sp³-hybridized carbons (Fsp3) is 0.933. The molecule has 4 nitrogen and oxygen atoms in total. The second-order valence-corrected chi connectivity index (χ2v) is 6.12. The Labute approximate surface area is 130 Å². The van der Waals surface area contributed by atoms with Gasteiger partial charge in [0.1, 0.15) is 0 Å². The molecule has 0 aromatic heterocycles. The summed E-state index contributed by atoms with van der Waals surface area (Å²) in [6.45, 7) is 10.5. The molecule has 20 heavy (non-hydrogen) atoms. The summed E-state index contributed by atoms with van der Waals surface area (Å²) in [5.41, 5.74) is 5.92. The Morgan fingerprint density at radius 3 is 2.40 bits per heavy atom. The normalized spacial score (nSPS) is 20.6. The van der Waals surface area contributed by atoms with Crippen molar-refractivity contribution >= 4 is 18.3 Å². The zero-order valence-corrected chi connectivity index (χ0v) is 14.0. The molecule has 1 rings (SSSR count). The zero-order valence-electron chi connectivity index (χ0n) is 13.2. The first-order valence-corrected chi connectivity index (χ1v) is 7.80. The van der Waals surface area contributed by atoms with Gasteiger partial charge in [0.2, 0.25) is 5.91 Å². The van der Waals surface area contributed by atoms with Gasteiger partial charge >= 0.3 is 0 Å². The van der Waals surface area contributed by atoms with E-state index in [1.807, 2.05) is 6.92 Å². The van der Waals surface area contributed by atoms with Crippen LogP contribution >= 0.6 is 12.4 Å². The van der Waals surface area contributed by atoms with E-state index in [0.29, 0.717) is 5.92 Å². The number of nitrogens with one attached hydrogen (secondary N) is 1. The number of piperidine rings is 1. The average Bonchev–Trinajstić information content (AvgIpc) is 2.44. The van der Waals surface area contributed by atoms with E-state index >= 15 is 0 Å². The van der Waals surface area contributed by atoms with Gasteiger partial charge in [-0.15, -0.1) is 12.4 Å². The van der Waals surface area contributed by atoms with Crippen LogP contribution in [0.25, 0.3) is 0 Å². The van der Waals surface area contributed by atoms with E-state index in [9.17, 15) is 4.79 Å². The van der Waals surface area contributed by atoms with Gasteiger partial charge in [0.15, 0.2) is 0 Å². The first kappa shape index (κ1) is 19.7. The van der Waals surface area contributed by atoms with Crippen molar-refractivity contribution in [1.29, 1.82) is 0 Å². The predicted molar refractivity (Wildman–Crippen MR) is 87.1 cm³/mol. The van der Waals surface area contributed by atoms with Crippen LogP contribution in [0.3, 0.4) is 0 Å². The van der Waals surface area contributed by atoms with Gasteiger partial charge in [0.25, 0.3) is 0 Å². The summed E-state index contributed by atoms with van der Waals surface area (Å²) < 4.78 is 0. The second kappa shape index (κ2) is 10.4. The van der Waals surface area contributed by atoms with Gasteiger partial charge in [-0.1, -0.05) is 33.6 Å². The molecule has 3 atom stereocenters. The SMILES string of the molecule is CCC(C)C(N)C(=O)NCC(C)CN1CCCCC1.Cl. The lowest BCUT2D eigenvalue weighted by Crippen LogP contribution is -2.46. The summed E-state index contributed by atoms with van der Waals surface area (Å²) in [6, 6.07) is -0.368. The van der Waals surface area contributed by atoms with Gasteiger partial charge in [-0.2, -0.15) is 0 Å². The van der Waals surface area contributed by atoms with E-state index in [1.54, 1.807) is 0 Å². The number of hydrogen-bond donors (Lipinski definition) is 2. The minimum Gasteiger partial charge on any atom is -0.354 e. The molecule has 0 radical (unpaired) electrons. The van der Waals surface area contributed by atoms with Crippen LogP contribution in [0.5, 0.6) is 0 Å².